The summed E-state index contributed by atoms with van der Waals surface area (Å²) in [6, 6.07) is 4.98. The van der Waals surface area contributed by atoms with Crippen LogP contribution in [-0.4, -0.2) is 76.1 Å². The molecule has 1 aliphatic rings. The highest BCUT2D eigenvalue weighted by atomic mass is 19.1. The third-order valence-corrected chi connectivity index (χ3v) is 5.93. The van der Waals surface area contributed by atoms with Crippen molar-refractivity contribution in [2.75, 3.05) is 6.54 Å². The zero-order valence-corrected chi connectivity index (χ0v) is 18.5. The number of rotatable bonds is 8. The fraction of sp³-hybridized carbons (Fsp3) is 0.318. The summed E-state index contributed by atoms with van der Waals surface area (Å²) in [5.41, 5.74) is -0.800. The van der Waals surface area contributed by atoms with Gasteiger partial charge in [0.25, 0.3) is 11.8 Å². The van der Waals surface area contributed by atoms with Crippen molar-refractivity contribution in [2.45, 2.75) is 37.8 Å². The van der Waals surface area contributed by atoms with E-state index < -0.39 is 60.6 Å². The van der Waals surface area contributed by atoms with Crippen molar-refractivity contribution in [3.63, 3.8) is 0 Å². The molecule has 183 valence electrons. The SMILES string of the molecule is O=C(O)CN(C(=O)c1ccc(F)c(B(O)O)c1)[C@H]1CCCC[C@H]1NC(=O)c1ccc(F)c([B]O)c1. The van der Waals surface area contributed by atoms with Crippen LogP contribution in [0.25, 0.3) is 0 Å². The van der Waals surface area contributed by atoms with Crippen molar-refractivity contribution in [1.29, 1.82) is 0 Å². The highest BCUT2D eigenvalue weighted by molar-refractivity contribution is 6.58. The van der Waals surface area contributed by atoms with E-state index in [4.69, 9.17) is 5.02 Å². The van der Waals surface area contributed by atoms with Crippen molar-refractivity contribution >= 4 is 43.3 Å². The highest BCUT2D eigenvalue weighted by Gasteiger charge is 2.36. The van der Waals surface area contributed by atoms with Crippen LogP contribution in [0.1, 0.15) is 46.4 Å². The van der Waals surface area contributed by atoms with Gasteiger partial charge in [0.15, 0.2) is 0 Å². The van der Waals surface area contributed by atoms with Crippen LogP contribution < -0.4 is 16.2 Å². The molecule has 0 heterocycles. The Morgan fingerprint density at radius 2 is 1.69 bits per heavy atom. The molecule has 2 aromatic rings. The predicted octanol–water partition coefficient (Wildman–Crippen LogP) is -0.851. The summed E-state index contributed by atoms with van der Waals surface area (Å²) < 4.78 is 27.5. The first-order valence-electron chi connectivity index (χ1n) is 10.9. The summed E-state index contributed by atoms with van der Waals surface area (Å²) in [7, 11) is -1.64. The lowest BCUT2D eigenvalue weighted by Gasteiger charge is -2.39. The van der Waals surface area contributed by atoms with Gasteiger partial charge in [0.05, 0.1) is 6.04 Å². The van der Waals surface area contributed by atoms with Gasteiger partial charge >= 0.3 is 20.6 Å². The molecule has 3 rings (SSSR count). The molecule has 1 saturated carbocycles. The fourth-order valence-corrected chi connectivity index (χ4v) is 4.21. The first kappa shape index (κ1) is 26.3. The Hall–Kier alpha value is -3.28. The number of halogens is 2. The van der Waals surface area contributed by atoms with Crippen LogP contribution in [-0.2, 0) is 4.79 Å². The Kier molecular flexibility index (Phi) is 8.60. The van der Waals surface area contributed by atoms with Gasteiger partial charge in [-0.3, -0.25) is 14.4 Å². The molecule has 5 N–H and O–H groups in total. The van der Waals surface area contributed by atoms with Gasteiger partial charge in [0.2, 0.25) is 0 Å². The monoisotopic (exact) mass is 487 g/mol. The summed E-state index contributed by atoms with van der Waals surface area (Å²) in [6.45, 7) is -0.704. The number of amides is 2. The van der Waals surface area contributed by atoms with Crippen molar-refractivity contribution in [3.05, 3.63) is 59.2 Å². The van der Waals surface area contributed by atoms with Gasteiger partial charge in [-0.2, -0.15) is 0 Å². The van der Waals surface area contributed by atoms with E-state index >= 15 is 0 Å². The molecule has 13 heteroatoms. The molecular formula is C22H23B2F2N2O7. The number of hydrogen-bond donors (Lipinski definition) is 5. The van der Waals surface area contributed by atoms with Crippen LogP contribution in [0.15, 0.2) is 36.4 Å². The summed E-state index contributed by atoms with van der Waals surface area (Å²) in [5.74, 6) is -4.34. The van der Waals surface area contributed by atoms with Crippen molar-refractivity contribution in [3.8, 4) is 0 Å². The molecule has 2 atom stereocenters. The fourth-order valence-electron chi connectivity index (χ4n) is 4.21. The Morgan fingerprint density at radius 1 is 1.03 bits per heavy atom. The van der Waals surface area contributed by atoms with Gasteiger partial charge in [-0.1, -0.05) is 18.9 Å². The largest absolute Gasteiger partial charge is 0.491 e. The second-order valence-electron chi connectivity index (χ2n) is 8.23. The van der Waals surface area contributed by atoms with E-state index in [-0.39, 0.29) is 16.6 Å². The van der Waals surface area contributed by atoms with Crippen molar-refractivity contribution in [1.82, 2.24) is 10.2 Å². The molecule has 2 aromatic carbocycles. The highest BCUT2D eigenvalue weighted by Crippen LogP contribution is 2.25. The van der Waals surface area contributed by atoms with Gasteiger partial charge in [-0.25, -0.2) is 8.78 Å². The number of carboxylic acids is 1. The number of benzene rings is 2. The molecule has 0 saturated heterocycles. The molecule has 9 nitrogen and oxygen atoms in total. The lowest BCUT2D eigenvalue weighted by Crippen LogP contribution is -2.56. The summed E-state index contributed by atoms with van der Waals surface area (Å²) in [5, 5.41) is 40.1. The van der Waals surface area contributed by atoms with E-state index in [1.165, 1.54) is 6.07 Å². The van der Waals surface area contributed by atoms with E-state index in [1.807, 2.05) is 0 Å². The number of nitrogens with zero attached hydrogens (tertiary/aromatic N) is 1. The molecule has 0 unspecified atom stereocenters. The molecular weight excluding hydrogens is 464 g/mol. The number of aliphatic carboxylic acids is 1. The minimum atomic E-state index is -2.17. The Morgan fingerprint density at radius 3 is 2.34 bits per heavy atom. The maximum absolute atomic E-state index is 13.9. The van der Waals surface area contributed by atoms with E-state index in [2.05, 4.69) is 5.32 Å². The van der Waals surface area contributed by atoms with Gasteiger partial charge in [0.1, 0.15) is 18.2 Å². The minimum absolute atomic E-state index is 0.0623. The van der Waals surface area contributed by atoms with Crippen LogP contribution in [0.3, 0.4) is 0 Å². The summed E-state index contributed by atoms with van der Waals surface area (Å²) >= 11 is 0. The summed E-state index contributed by atoms with van der Waals surface area (Å²) in [4.78, 5) is 38.8. The third kappa shape index (κ3) is 6.24. The topological polar surface area (TPSA) is 147 Å². The Labute approximate surface area is 200 Å². The molecule has 1 radical (unpaired) electrons. The smallest absolute Gasteiger partial charge is 0.480 e. The molecule has 0 spiro atoms. The number of carbonyl (C=O) groups excluding carboxylic acids is 2. The van der Waals surface area contributed by atoms with E-state index in [0.29, 0.717) is 33.2 Å². The van der Waals surface area contributed by atoms with Crippen molar-refractivity contribution < 1.29 is 43.3 Å². The molecule has 1 aliphatic carbocycles. The van der Waals surface area contributed by atoms with E-state index in [0.717, 1.165) is 35.2 Å². The first-order chi connectivity index (χ1) is 16.6. The standard InChI is InChI=1S/C22H23B2F2N2O7/c25-16-7-5-12(9-14(16)23-33)21(31)27-18-3-1-2-4-19(18)28(11-20(29)30)22(32)13-6-8-17(26)15(10-13)24(34)35/h5-10,18-19,33-35H,1-4,11H2,(H,27,31)(H,29,30)/t18-,19+/m1/s1. The van der Waals surface area contributed by atoms with Crippen molar-refractivity contribution in [2.24, 2.45) is 0 Å². The molecule has 0 bridgehead atoms. The normalized spacial score (nSPS) is 17.4. The summed E-state index contributed by atoms with van der Waals surface area (Å²) in [6.07, 6.45) is 2.17. The lowest BCUT2D eigenvalue weighted by atomic mass is 9.79. The number of nitrogens with one attached hydrogen (secondary N) is 1. The lowest BCUT2D eigenvalue weighted by molar-refractivity contribution is -0.138. The average molecular weight is 487 g/mol. The van der Waals surface area contributed by atoms with Gasteiger partial charge in [-0.05, 0) is 48.6 Å². The number of carboxylic acid groups (broad SMARTS) is 1. The second-order valence-corrected chi connectivity index (χ2v) is 8.23. The molecule has 0 aromatic heterocycles. The maximum atomic E-state index is 13.9. The number of carbonyl (C=O) groups is 3. The number of hydrogen-bond acceptors (Lipinski definition) is 6. The zero-order chi connectivity index (χ0) is 25.7. The Bertz CT molecular complexity index is 1120. The van der Waals surface area contributed by atoms with Crippen LogP contribution in [0.2, 0.25) is 0 Å². The molecule has 2 amide bonds. The maximum Gasteiger partial charge on any atom is 0.491 e. The van der Waals surface area contributed by atoms with E-state index in [1.54, 1.807) is 0 Å². The predicted molar refractivity (Wildman–Crippen MR) is 122 cm³/mol. The van der Waals surface area contributed by atoms with Gasteiger partial charge < -0.3 is 30.4 Å². The molecule has 1 fully saturated rings. The van der Waals surface area contributed by atoms with Crippen LogP contribution in [0, 0.1) is 11.6 Å². The quantitative estimate of drug-likeness (QED) is 0.305. The minimum Gasteiger partial charge on any atom is -0.480 e. The van der Waals surface area contributed by atoms with Crippen LogP contribution >= 0.6 is 0 Å². The average Bonchev–Trinajstić information content (AvgIpc) is 2.82. The van der Waals surface area contributed by atoms with Crippen LogP contribution in [0.5, 0.6) is 0 Å². The molecule has 0 aliphatic heterocycles. The zero-order valence-electron chi connectivity index (χ0n) is 18.5. The second kappa shape index (κ2) is 11.4. The Balaban J connectivity index is 1.89. The first-order valence-corrected chi connectivity index (χ1v) is 10.9. The van der Waals surface area contributed by atoms with Crippen LogP contribution in [0.4, 0.5) is 8.78 Å². The van der Waals surface area contributed by atoms with Gasteiger partial charge in [0, 0.05) is 22.6 Å². The van der Waals surface area contributed by atoms with Gasteiger partial charge in [-0.15, -0.1) is 0 Å². The van der Waals surface area contributed by atoms with E-state index in [9.17, 15) is 38.3 Å². The molecule has 35 heavy (non-hydrogen) atoms. The third-order valence-electron chi connectivity index (χ3n) is 5.93.